The third-order valence-corrected chi connectivity index (χ3v) is 3.46. The van der Waals surface area contributed by atoms with Crippen molar-refractivity contribution in [3.8, 4) is 11.1 Å². The normalized spacial score (nSPS) is 11.4. The number of aromatic amines is 1. The van der Waals surface area contributed by atoms with Crippen LogP contribution in [-0.4, -0.2) is 16.1 Å². The van der Waals surface area contributed by atoms with Gasteiger partial charge in [-0.15, -0.1) is 0 Å². The standard InChI is InChI=1S/C17H11F4N3O/c18-12-9-5-4-8-11(12)16(25)22-15-13(10-6-2-1-3-7-10)14(23-24-15)17(19,20)21/h1-9H,(H2,22,23,24,25). The third kappa shape index (κ3) is 3.37. The first kappa shape index (κ1) is 16.7. The average molecular weight is 349 g/mol. The second-order valence-corrected chi connectivity index (χ2v) is 5.12. The summed E-state index contributed by atoms with van der Waals surface area (Å²) >= 11 is 0. The fourth-order valence-corrected chi connectivity index (χ4v) is 2.34. The van der Waals surface area contributed by atoms with Crippen LogP contribution in [0.25, 0.3) is 11.1 Å². The van der Waals surface area contributed by atoms with Gasteiger partial charge in [-0.05, 0) is 17.7 Å². The van der Waals surface area contributed by atoms with Gasteiger partial charge in [0.2, 0.25) is 0 Å². The number of H-pyrrole nitrogens is 1. The number of halogens is 4. The van der Waals surface area contributed by atoms with Gasteiger partial charge >= 0.3 is 6.18 Å². The second-order valence-electron chi connectivity index (χ2n) is 5.12. The highest BCUT2D eigenvalue weighted by Crippen LogP contribution is 2.39. The van der Waals surface area contributed by atoms with Crippen LogP contribution >= 0.6 is 0 Å². The largest absolute Gasteiger partial charge is 0.433 e. The number of nitrogens with zero attached hydrogens (tertiary/aromatic N) is 1. The predicted octanol–water partition coefficient (Wildman–Crippen LogP) is 4.49. The summed E-state index contributed by atoms with van der Waals surface area (Å²) < 4.78 is 53.4. The molecule has 8 heteroatoms. The molecular weight excluding hydrogens is 338 g/mol. The van der Waals surface area contributed by atoms with Crippen LogP contribution in [0.15, 0.2) is 54.6 Å². The number of amides is 1. The van der Waals surface area contributed by atoms with Gasteiger partial charge < -0.3 is 5.32 Å². The molecule has 0 spiro atoms. The van der Waals surface area contributed by atoms with E-state index in [1.165, 1.54) is 30.3 Å². The number of carbonyl (C=O) groups excluding carboxylic acids is 1. The topological polar surface area (TPSA) is 57.8 Å². The van der Waals surface area contributed by atoms with E-state index in [4.69, 9.17) is 0 Å². The van der Waals surface area contributed by atoms with Crippen molar-refractivity contribution in [3.05, 3.63) is 71.7 Å². The van der Waals surface area contributed by atoms with Crippen molar-refractivity contribution in [1.82, 2.24) is 10.2 Å². The number of rotatable bonds is 3. The van der Waals surface area contributed by atoms with Crippen molar-refractivity contribution >= 4 is 11.7 Å². The number of nitrogens with one attached hydrogen (secondary N) is 2. The summed E-state index contributed by atoms with van der Waals surface area (Å²) in [5, 5.41) is 7.69. The third-order valence-electron chi connectivity index (χ3n) is 3.46. The summed E-state index contributed by atoms with van der Waals surface area (Å²) in [5.74, 6) is -2.00. The Kier molecular flexibility index (Phi) is 4.26. The maximum absolute atomic E-state index is 13.7. The number of alkyl halides is 3. The highest BCUT2D eigenvalue weighted by atomic mass is 19.4. The van der Waals surface area contributed by atoms with Crippen LogP contribution in [0, 0.1) is 5.82 Å². The summed E-state index contributed by atoms with van der Waals surface area (Å²) in [6.07, 6.45) is -4.70. The SMILES string of the molecule is O=C(Nc1n[nH]c(C(F)(F)F)c1-c1ccccc1)c1ccccc1F. The van der Waals surface area contributed by atoms with Crippen LogP contribution in [0.5, 0.6) is 0 Å². The number of anilines is 1. The minimum Gasteiger partial charge on any atom is -0.304 e. The average Bonchev–Trinajstić information content (AvgIpc) is 3.00. The highest BCUT2D eigenvalue weighted by molar-refractivity contribution is 6.06. The monoisotopic (exact) mass is 349 g/mol. The number of aromatic nitrogens is 2. The van der Waals surface area contributed by atoms with Crippen molar-refractivity contribution < 1.29 is 22.4 Å². The molecule has 2 N–H and O–H groups in total. The Bertz CT molecular complexity index is 904. The van der Waals surface area contributed by atoms with Crippen LogP contribution < -0.4 is 5.32 Å². The number of benzene rings is 2. The minimum absolute atomic E-state index is 0.215. The molecule has 0 unspecified atom stereocenters. The molecular formula is C17H11F4N3O. The van der Waals surface area contributed by atoms with Gasteiger partial charge in [0.1, 0.15) is 11.5 Å². The molecule has 25 heavy (non-hydrogen) atoms. The van der Waals surface area contributed by atoms with Crippen molar-refractivity contribution in [3.63, 3.8) is 0 Å². The Labute approximate surface area is 139 Å². The number of hydrogen-bond acceptors (Lipinski definition) is 2. The van der Waals surface area contributed by atoms with E-state index >= 15 is 0 Å². The van der Waals surface area contributed by atoms with Gasteiger partial charge in [-0.25, -0.2) is 4.39 Å². The molecule has 1 heterocycles. The molecule has 0 saturated heterocycles. The van der Waals surface area contributed by atoms with Gasteiger partial charge in [0.05, 0.1) is 11.1 Å². The summed E-state index contributed by atoms with van der Waals surface area (Å²) in [7, 11) is 0. The molecule has 0 aliphatic carbocycles. The Hall–Kier alpha value is -3.16. The molecule has 0 bridgehead atoms. The van der Waals surface area contributed by atoms with E-state index in [9.17, 15) is 22.4 Å². The molecule has 0 aliphatic heterocycles. The van der Waals surface area contributed by atoms with Gasteiger partial charge in [0, 0.05) is 0 Å². The molecule has 0 saturated carbocycles. The van der Waals surface area contributed by atoms with Gasteiger partial charge in [-0.2, -0.15) is 18.3 Å². The van der Waals surface area contributed by atoms with E-state index in [2.05, 4.69) is 10.4 Å². The first-order valence-electron chi connectivity index (χ1n) is 7.15. The zero-order valence-corrected chi connectivity index (χ0v) is 12.6. The zero-order valence-electron chi connectivity index (χ0n) is 12.6. The van der Waals surface area contributed by atoms with E-state index < -0.39 is 23.6 Å². The van der Waals surface area contributed by atoms with E-state index in [-0.39, 0.29) is 22.5 Å². The van der Waals surface area contributed by atoms with Gasteiger partial charge in [0.25, 0.3) is 5.91 Å². The Morgan fingerprint density at radius 3 is 2.28 bits per heavy atom. The van der Waals surface area contributed by atoms with E-state index in [0.29, 0.717) is 0 Å². The summed E-state index contributed by atoms with van der Waals surface area (Å²) in [4.78, 5) is 12.2. The molecule has 0 fully saturated rings. The van der Waals surface area contributed by atoms with Crippen LogP contribution in [0.1, 0.15) is 16.1 Å². The molecule has 2 aromatic carbocycles. The lowest BCUT2D eigenvalue weighted by molar-refractivity contribution is -0.140. The van der Waals surface area contributed by atoms with Crippen LogP contribution in [0.4, 0.5) is 23.4 Å². The maximum Gasteiger partial charge on any atom is 0.433 e. The Balaban J connectivity index is 2.04. The van der Waals surface area contributed by atoms with Gasteiger partial charge in [-0.3, -0.25) is 9.89 Å². The summed E-state index contributed by atoms with van der Waals surface area (Å²) in [6.45, 7) is 0. The first-order chi connectivity index (χ1) is 11.9. The zero-order chi connectivity index (χ0) is 18.0. The summed E-state index contributed by atoms with van der Waals surface area (Å²) in [6, 6.07) is 12.8. The smallest absolute Gasteiger partial charge is 0.304 e. The van der Waals surface area contributed by atoms with Crippen molar-refractivity contribution in [1.29, 1.82) is 0 Å². The highest BCUT2D eigenvalue weighted by Gasteiger charge is 2.38. The van der Waals surface area contributed by atoms with Crippen molar-refractivity contribution in [2.24, 2.45) is 0 Å². The Morgan fingerprint density at radius 1 is 1.00 bits per heavy atom. The predicted molar refractivity (Wildman–Crippen MR) is 83.4 cm³/mol. The van der Waals surface area contributed by atoms with Crippen LogP contribution in [-0.2, 0) is 6.18 Å². The van der Waals surface area contributed by atoms with Crippen LogP contribution in [0.2, 0.25) is 0 Å². The Morgan fingerprint density at radius 2 is 1.64 bits per heavy atom. The number of hydrogen-bond donors (Lipinski definition) is 2. The molecule has 1 aromatic heterocycles. The lowest BCUT2D eigenvalue weighted by Gasteiger charge is -2.10. The quantitative estimate of drug-likeness (QED) is 0.685. The molecule has 0 atom stereocenters. The van der Waals surface area contributed by atoms with Crippen molar-refractivity contribution in [2.45, 2.75) is 6.18 Å². The molecule has 0 aliphatic rings. The molecule has 0 radical (unpaired) electrons. The van der Waals surface area contributed by atoms with Gasteiger partial charge in [0.15, 0.2) is 5.82 Å². The fraction of sp³-hybridized carbons (Fsp3) is 0.0588. The number of carbonyl (C=O) groups is 1. The lowest BCUT2D eigenvalue weighted by atomic mass is 10.0. The maximum atomic E-state index is 13.7. The summed E-state index contributed by atoms with van der Waals surface area (Å²) in [5.41, 5.74) is -1.48. The molecule has 1 amide bonds. The minimum atomic E-state index is -4.70. The van der Waals surface area contributed by atoms with E-state index in [1.54, 1.807) is 18.2 Å². The molecule has 3 aromatic rings. The molecule has 128 valence electrons. The fourth-order valence-electron chi connectivity index (χ4n) is 2.34. The molecule has 4 nitrogen and oxygen atoms in total. The second kappa shape index (κ2) is 6.39. The van der Waals surface area contributed by atoms with Gasteiger partial charge in [-0.1, -0.05) is 42.5 Å². The van der Waals surface area contributed by atoms with E-state index in [0.717, 1.165) is 6.07 Å². The van der Waals surface area contributed by atoms with Crippen LogP contribution in [0.3, 0.4) is 0 Å². The van der Waals surface area contributed by atoms with Crippen molar-refractivity contribution in [2.75, 3.05) is 5.32 Å². The first-order valence-corrected chi connectivity index (χ1v) is 7.15. The molecule has 3 rings (SSSR count). The lowest BCUT2D eigenvalue weighted by Crippen LogP contribution is -2.15. The van der Waals surface area contributed by atoms with E-state index in [1.807, 2.05) is 5.10 Å².